The quantitative estimate of drug-likeness (QED) is 0.0164. The molecule has 0 amide bonds. The van der Waals surface area contributed by atoms with Crippen LogP contribution in [-0.4, -0.2) is 350 Å². The molecule has 85 heavy (non-hydrogen) atoms. The summed E-state index contributed by atoms with van der Waals surface area (Å²) < 4.78 is 105. The molecule has 0 aromatic rings. The zero-order valence-corrected chi connectivity index (χ0v) is 46.9. The summed E-state index contributed by atoms with van der Waals surface area (Å²) >= 11 is 0. The molecule has 0 aromatic carbocycles. The summed E-state index contributed by atoms with van der Waals surface area (Å²) in [7, 11) is 0. The first-order valence-corrected chi connectivity index (χ1v) is 26.0. The predicted molar refractivity (Wildman–Crippen MR) is 272 cm³/mol. The standard InChI is InChI=1S/C48H82O37/c49-41(50)27-66-2-1-65-15-35(78-9-3-67-28-42(51)52)16-73-17-36(79-10-4-68-29-43(53)54)18-74-19-37(80-11-5-69-30-44(55)56)20-75-21-38(81-12-6-70-31-45(57)58)22-76-23-39(82-13-7-71-32-46(59)60)24-77-25-40(26-84-85-34-48(63)64)83-14-8-72-33-47(61)62/h35-40H,1-34H2,(H,49,50)(H,51,52)(H,53,54)(H,55,56)(H,57,58)(H,59,60)(H,61,62)(H,63,64). The van der Waals surface area contributed by atoms with Crippen LogP contribution in [0.15, 0.2) is 0 Å². The number of ether oxygens (including phenoxy) is 19. The lowest BCUT2D eigenvalue weighted by Gasteiger charge is -2.24. The van der Waals surface area contributed by atoms with E-state index < -0.39 is 137 Å². The van der Waals surface area contributed by atoms with Crippen LogP contribution in [0.4, 0.5) is 0 Å². The molecule has 0 heterocycles. The minimum atomic E-state index is -1.31. The Kier molecular flexibility index (Phi) is 53.3. The van der Waals surface area contributed by atoms with Gasteiger partial charge in [-0.2, -0.15) is 0 Å². The molecule has 0 fully saturated rings. The Morgan fingerprint density at radius 2 is 0.353 bits per heavy atom. The molecule has 0 aliphatic rings. The van der Waals surface area contributed by atoms with Gasteiger partial charge in [0.05, 0.1) is 165 Å². The van der Waals surface area contributed by atoms with Gasteiger partial charge in [0.25, 0.3) is 0 Å². The van der Waals surface area contributed by atoms with Crippen LogP contribution in [0.1, 0.15) is 0 Å². The highest BCUT2D eigenvalue weighted by Gasteiger charge is 2.21. The molecule has 0 radical (unpaired) electrons. The second-order valence-corrected chi connectivity index (χ2v) is 16.8. The zero-order chi connectivity index (χ0) is 63.0. The topological polar surface area (TPSA) is 492 Å². The van der Waals surface area contributed by atoms with Crippen LogP contribution in [0.3, 0.4) is 0 Å². The first kappa shape index (κ1) is 79.9. The summed E-state index contributed by atoms with van der Waals surface area (Å²) in [5, 5.41) is 71.2. The van der Waals surface area contributed by atoms with E-state index >= 15 is 0 Å². The minimum absolute atomic E-state index is 0.000988. The van der Waals surface area contributed by atoms with Crippen molar-refractivity contribution in [2.24, 2.45) is 0 Å². The van der Waals surface area contributed by atoms with Gasteiger partial charge in [0, 0.05) is 0 Å². The van der Waals surface area contributed by atoms with E-state index in [-0.39, 0.29) is 172 Å². The summed E-state index contributed by atoms with van der Waals surface area (Å²) in [6.07, 6.45) is -5.09. The molecule has 0 bridgehead atoms. The Balaban J connectivity index is 6.10. The van der Waals surface area contributed by atoms with Gasteiger partial charge in [0.15, 0.2) is 6.61 Å². The summed E-state index contributed by atoms with van der Waals surface area (Å²) in [5.41, 5.74) is 0. The van der Waals surface area contributed by atoms with E-state index in [9.17, 15) is 38.4 Å². The van der Waals surface area contributed by atoms with Gasteiger partial charge in [-0.15, -0.1) is 0 Å². The van der Waals surface area contributed by atoms with Crippen LogP contribution in [0.5, 0.6) is 0 Å². The molecule has 37 heteroatoms. The number of aliphatic carboxylic acids is 8. The molecular formula is C48H82O37. The number of carbonyl (C=O) groups is 8. The van der Waals surface area contributed by atoms with Crippen molar-refractivity contribution in [3.8, 4) is 0 Å². The maximum atomic E-state index is 11.0. The van der Waals surface area contributed by atoms with Crippen molar-refractivity contribution >= 4 is 47.8 Å². The third-order valence-corrected chi connectivity index (χ3v) is 9.30. The molecule has 37 nitrogen and oxygen atoms in total. The van der Waals surface area contributed by atoms with Crippen LogP contribution in [-0.2, 0) is 138 Å². The largest absolute Gasteiger partial charge is 0.480 e. The van der Waals surface area contributed by atoms with Crippen LogP contribution in [0.25, 0.3) is 0 Å². The van der Waals surface area contributed by atoms with Crippen molar-refractivity contribution in [1.82, 2.24) is 0 Å². The monoisotopic (exact) mass is 1250 g/mol. The molecule has 0 aliphatic heterocycles. The SMILES string of the molecule is O=C(O)COCCOCC(COCC(COCC(COCC(COCC(COCC(COOCC(=O)O)OCCOCC(=O)O)OCCOCC(=O)O)OCCOCC(=O)O)OCCOCC(=O)O)OCCOCC(=O)O)OCCOCC(=O)O. The lowest BCUT2D eigenvalue weighted by atomic mass is 10.3. The van der Waals surface area contributed by atoms with E-state index in [1.165, 1.54) is 0 Å². The van der Waals surface area contributed by atoms with Gasteiger partial charge in [-0.3, -0.25) is 0 Å². The smallest absolute Gasteiger partial charge is 0.333 e. The first-order valence-electron chi connectivity index (χ1n) is 26.0. The molecule has 8 N–H and O–H groups in total. The van der Waals surface area contributed by atoms with Gasteiger partial charge >= 0.3 is 47.8 Å². The molecule has 6 unspecified atom stereocenters. The summed E-state index contributed by atoms with van der Waals surface area (Å²) in [6.45, 7) is -8.48. The van der Waals surface area contributed by atoms with Gasteiger partial charge in [-0.1, -0.05) is 0 Å². The van der Waals surface area contributed by atoms with Crippen molar-refractivity contribution < 1.29 is 179 Å². The number of carboxylic acids is 8. The Morgan fingerprint density at radius 3 is 0.553 bits per heavy atom. The molecule has 496 valence electrons. The first-order chi connectivity index (χ1) is 40.9. The number of hydrogen-bond acceptors (Lipinski definition) is 29. The van der Waals surface area contributed by atoms with Crippen molar-refractivity contribution in [2.45, 2.75) is 36.6 Å². The molecule has 0 aliphatic carbocycles. The molecule has 0 aromatic heterocycles. The maximum Gasteiger partial charge on any atom is 0.333 e. The number of carboxylic acid groups (broad SMARTS) is 8. The summed E-state index contributed by atoms with van der Waals surface area (Å²) in [5.74, 6) is -9.73. The normalized spacial score (nSPS) is 13.6. The average Bonchev–Trinajstić information content (AvgIpc) is 3.45. The third-order valence-electron chi connectivity index (χ3n) is 9.30. The maximum absolute atomic E-state index is 11.0. The second-order valence-electron chi connectivity index (χ2n) is 16.8. The van der Waals surface area contributed by atoms with Gasteiger partial charge in [-0.25, -0.2) is 48.1 Å². The predicted octanol–water partition coefficient (Wildman–Crippen LogP) is -3.86. The van der Waals surface area contributed by atoms with Gasteiger partial charge in [0.1, 0.15) is 89.5 Å². The van der Waals surface area contributed by atoms with E-state index in [1.54, 1.807) is 0 Å². The third kappa shape index (κ3) is 59.1. The Hall–Kier alpha value is -5.08. The average molecular weight is 1250 g/mol. The molecule has 0 saturated carbocycles. The van der Waals surface area contributed by atoms with Crippen LogP contribution in [0, 0.1) is 0 Å². The Morgan fingerprint density at radius 1 is 0.188 bits per heavy atom. The lowest BCUT2D eigenvalue weighted by molar-refractivity contribution is -0.306. The van der Waals surface area contributed by atoms with Crippen LogP contribution in [0.2, 0.25) is 0 Å². The fourth-order valence-corrected chi connectivity index (χ4v) is 5.83. The highest BCUT2D eigenvalue weighted by atomic mass is 17.2. The molecular weight excluding hydrogens is 1170 g/mol. The highest BCUT2D eigenvalue weighted by Crippen LogP contribution is 2.07. The molecule has 0 saturated heterocycles. The fraction of sp³-hybridized carbons (Fsp3) is 0.833. The summed E-state index contributed by atoms with van der Waals surface area (Å²) in [4.78, 5) is 96.7. The fourth-order valence-electron chi connectivity index (χ4n) is 5.83. The van der Waals surface area contributed by atoms with Crippen molar-refractivity contribution in [1.29, 1.82) is 0 Å². The zero-order valence-electron chi connectivity index (χ0n) is 46.9. The van der Waals surface area contributed by atoms with E-state index in [1.807, 2.05) is 0 Å². The molecule has 0 spiro atoms. The van der Waals surface area contributed by atoms with Crippen molar-refractivity contribution in [3.63, 3.8) is 0 Å². The van der Waals surface area contributed by atoms with E-state index in [2.05, 4.69) is 4.89 Å². The van der Waals surface area contributed by atoms with Gasteiger partial charge in [-0.05, 0) is 0 Å². The van der Waals surface area contributed by atoms with Crippen LogP contribution >= 0.6 is 0 Å². The van der Waals surface area contributed by atoms with Gasteiger partial charge < -0.3 is 131 Å². The summed E-state index contributed by atoms with van der Waals surface area (Å²) in [6, 6.07) is 0. The van der Waals surface area contributed by atoms with Crippen molar-refractivity contribution in [2.75, 3.05) is 225 Å². The van der Waals surface area contributed by atoms with E-state index in [4.69, 9.17) is 136 Å². The second kappa shape index (κ2) is 56.7. The van der Waals surface area contributed by atoms with Crippen LogP contribution < -0.4 is 0 Å². The van der Waals surface area contributed by atoms with E-state index in [0.29, 0.717) is 0 Å². The molecule has 6 atom stereocenters. The van der Waals surface area contributed by atoms with E-state index in [0.717, 1.165) is 0 Å². The van der Waals surface area contributed by atoms with Gasteiger partial charge in [0.2, 0.25) is 0 Å². The number of hydrogen-bond donors (Lipinski definition) is 8. The highest BCUT2D eigenvalue weighted by molar-refractivity contribution is 5.70. The number of rotatable bonds is 68. The molecule has 0 rings (SSSR count). The lowest BCUT2D eigenvalue weighted by Crippen LogP contribution is -2.36. The Bertz CT molecular complexity index is 1730. The minimum Gasteiger partial charge on any atom is -0.480 e. The Labute approximate surface area is 487 Å². The van der Waals surface area contributed by atoms with Crippen molar-refractivity contribution in [3.05, 3.63) is 0 Å².